The maximum absolute atomic E-state index is 9.53. The third-order valence-corrected chi connectivity index (χ3v) is 5.05. The van der Waals surface area contributed by atoms with Gasteiger partial charge < -0.3 is 0 Å². The second-order valence-corrected chi connectivity index (χ2v) is 6.33. The van der Waals surface area contributed by atoms with Crippen molar-refractivity contribution in [1.82, 2.24) is 4.98 Å². The van der Waals surface area contributed by atoms with Crippen LogP contribution in [0.15, 0.2) is 36.4 Å². The van der Waals surface area contributed by atoms with E-state index in [2.05, 4.69) is 4.98 Å². The van der Waals surface area contributed by atoms with Crippen molar-refractivity contribution in [3.63, 3.8) is 0 Å². The van der Waals surface area contributed by atoms with Gasteiger partial charge in [0.2, 0.25) is 0 Å². The van der Waals surface area contributed by atoms with Crippen molar-refractivity contribution in [2.24, 2.45) is 0 Å². The second-order valence-electron chi connectivity index (χ2n) is 4.17. The molecule has 0 aliphatic rings. The second kappa shape index (κ2) is 4.16. The number of hydrogen-bond acceptors (Lipinski definition) is 3. The summed E-state index contributed by atoms with van der Waals surface area (Å²) < 4.78 is 2.13. The molecule has 1 heterocycles. The number of aromatic nitrogens is 1. The zero-order valence-corrected chi connectivity index (χ0v) is 11.4. The minimum absolute atomic E-state index is 0.109. The summed E-state index contributed by atoms with van der Waals surface area (Å²) in [5.74, 6) is 0.592. The molecule has 0 aliphatic carbocycles. The fraction of sp³-hybridized carbons (Fsp3) is 0.0714. The van der Waals surface area contributed by atoms with E-state index < -0.39 is 0 Å². The van der Waals surface area contributed by atoms with E-state index >= 15 is 0 Å². The van der Waals surface area contributed by atoms with Gasteiger partial charge in [0.05, 0.1) is 0 Å². The Balaban J connectivity index is 2.16. The first-order valence-electron chi connectivity index (χ1n) is 5.53. The van der Waals surface area contributed by atoms with Crippen molar-refractivity contribution in [2.45, 2.75) is 6.92 Å². The predicted molar refractivity (Wildman–Crippen MR) is 72.2 cm³/mol. The van der Waals surface area contributed by atoms with Gasteiger partial charge in [-0.15, -0.1) is 0 Å². The third kappa shape index (κ3) is 1.90. The van der Waals surface area contributed by atoms with Crippen molar-refractivity contribution >= 4 is 24.3 Å². The molecule has 3 nitrogen and oxygen atoms in total. The summed E-state index contributed by atoms with van der Waals surface area (Å²) in [6, 6.07) is 10.8. The van der Waals surface area contributed by atoms with Crippen LogP contribution in [0.3, 0.4) is 0 Å². The molecular formula is C14H11NO2Se. The van der Waals surface area contributed by atoms with Crippen LogP contribution in [0.2, 0.25) is 0 Å². The number of fused-ring (bicyclic) bond motifs is 1. The van der Waals surface area contributed by atoms with Gasteiger partial charge in [-0.1, -0.05) is 0 Å². The van der Waals surface area contributed by atoms with E-state index in [-0.39, 0.29) is 20.3 Å². The number of phenols is 2. The van der Waals surface area contributed by atoms with Crippen LogP contribution in [0.4, 0.5) is 0 Å². The number of aryl methyl sites for hydroxylation is 1. The van der Waals surface area contributed by atoms with Crippen molar-refractivity contribution in [2.75, 3.05) is 0 Å². The molecule has 0 fully saturated rings. The molecule has 3 aromatic rings. The Morgan fingerprint density at radius 2 is 1.89 bits per heavy atom. The molecule has 0 bridgehead atoms. The summed E-state index contributed by atoms with van der Waals surface area (Å²) >= 11 is 0.109. The molecule has 0 spiro atoms. The molecule has 4 heteroatoms. The molecule has 90 valence electrons. The van der Waals surface area contributed by atoms with E-state index in [0.29, 0.717) is 5.75 Å². The average Bonchev–Trinajstić information content (AvgIpc) is 2.75. The summed E-state index contributed by atoms with van der Waals surface area (Å²) in [5.41, 5.74) is 2.83. The van der Waals surface area contributed by atoms with Crippen LogP contribution < -0.4 is 0 Å². The van der Waals surface area contributed by atoms with E-state index in [1.807, 2.05) is 25.1 Å². The topological polar surface area (TPSA) is 53.4 Å². The molecule has 0 amide bonds. The van der Waals surface area contributed by atoms with Gasteiger partial charge in [-0.05, 0) is 0 Å². The van der Waals surface area contributed by atoms with Crippen LogP contribution in [0, 0.1) is 6.92 Å². The van der Waals surface area contributed by atoms with Crippen LogP contribution in [0.5, 0.6) is 11.5 Å². The zero-order chi connectivity index (χ0) is 12.7. The van der Waals surface area contributed by atoms with Gasteiger partial charge in [-0.25, -0.2) is 0 Å². The van der Waals surface area contributed by atoms with E-state index in [1.165, 1.54) is 0 Å². The Morgan fingerprint density at radius 3 is 2.67 bits per heavy atom. The van der Waals surface area contributed by atoms with Crippen molar-refractivity contribution in [3.05, 3.63) is 42.0 Å². The number of phenolic OH excluding ortho intramolecular Hbond substituents is 2. The molecule has 0 unspecified atom stereocenters. The molecule has 3 rings (SSSR count). The van der Waals surface area contributed by atoms with Crippen LogP contribution in [0.1, 0.15) is 5.56 Å². The van der Waals surface area contributed by atoms with Crippen molar-refractivity contribution in [1.29, 1.82) is 0 Å². The Bertz CT molecular complexity index is 734. The Labute approximate surface area is 110 Å². The van der Waals surface area contributed by atoms with Crippen LogP contribution >= 0.6 is 0 Å². The number of aromatic hydroxyl groups is 2. The van der Waals surface area contributed by atoms with Gasteiger partial charge in [0.25, 0.3) is 0 Å². The van der Waals surface area contributed by atoms with Gasteiger partial charge in [0, 0.05) is 0 Å². The number of rotatable bonds is 1. The van der Waals surface area contributed by atoms with Gasteiger partial charge in [-0.3, -0.25) is 0 Å². The monoisotopic (exact) mass is 305 g/mol. The molecule has 0 radical (unpaired) electrons. The Morgan fingerprint density at radius 1 is 1.06 bits per heavy atom. The standard InChI is InChI=1S/C14H11NO2Se/c1-8-6-9(2-5-12(8)17)14-15-11-4-3-10(16)7-13(11)18-14/h2-7,16-17H,1H3. The minimum atomic E-state index is 0.109. The van der Waals surface area contributed by atoms with Gasteiger partial charge in [0.1, 0.15) is 0 Å². The van der Waals surface area contributed by atoms with E-state index in [0.717, 1.165) is 25.5 Å². The molecule has 0 atom stereocenters. The van der Waals surface area contributed by atoms with E-state index in [4.69, 9.17) is 0 Å². The molecule has 0 aliphatic heterocycles. The molecule has 2 aromatic carbocycles. The predicted octanol–water partition coefficient (Wildman–Crippen LogP) is 2.68. The van der Waals surface area contributed by atoms with Gasteiger partial charge in [-0.2, -0.15) is 0 Å². The summed E-state index contributed by atoms with van der Waals surface area (Å²) in [6.07, 6.45) is 0. The Hall–Kier alpha value is -1.77. The van der Waals surface area contributed by atoms with Crippen molar-refractivity contribution in [3.8, 4) is 21.6 Å². The Kier molecular flexibility index (Phi) is 2.62. The van der Waals surface area contributed by atoms with E-state index in [1.54, 1.807) is 18.2 Å². The molecule has 1 aromatic heterocycles. The summed E-state index contributed by atoms with van der Waals surface area (Å²) in [4.78, 5) is 4.59. The van der Waals surface area contributed by atoms with E-state index in [9.17, 15) is 10.2 Å². The fourth-order valence-corrected chi connectivity index (χ4v) is 3.91. The number of nitrogens with zero attached hydrogens (tertiary/aromatic N) is 1. The van der Waals surface area contributed by atoms with Gasteiger partial charge in [0.15, 0.2) is 0 Å². The average molecular weight is 304 g/mol. The summed E-state index contributed by atoms with van der Waals surface area (Å²) in [5, 5.41) is 19.0. The quantitative estimate of drug-likeness (QED) is 0.680. The maximum atomic E-state index is 9.53. The SMILES string of the molecule is Cc1cc(-c2nc3ccc(O)cc3[se]2)ccc1O. The fourth-order valence-electron chi connectivity index (χ4n) is 1.83. The first-order valence-corrected chi connectivity index (χ1v) is 7.24. The zero-order valence-electron chi connectivity index (χ0n) is 9.71. The first kappa shape index (κ1) is 11.3. The first-order chi connectivity index (χ1) is 8.63. The molecule has 2 N–H and O–H groups in total. The molecule has 0 saturated carbocycles. The number of benzene rings is 2. The van der Waals surface area contributed by atoms with Crippen LogP contribution in [0.25, 0.3) is 19.9 Å². The third-order valence-electron chi connectivity index (χ3n) is 2.82. The molecule has 0 saturated heterocycles. The molecule has 18 heavy (non-hydrogen) atoms. The van der Waals surface area contributed by atoms with Crippen molar-refractivity contribution < 1.29 is 10.2 Å². The summed E-state index contributed by atoms with van der Waals surface area (Å²) in [6.45, 7) is 1.88. The van der Waals surface area contributed by atoms with Crippen LogP contribution in [-0.2, 0) is 0 Å². The summed E-state index contributed by atoms with van der Waals surface area (Å²) in [7, 11) is 0. The van der Waals surface area contributed by atoms with Gasteiger partial charge >= 0.3 is 110 Å². The normalized spacial score (nSPS) is 10.9. The van der Waals surface area contributed by atoms with Crippen LogP contribution in [-0.4, -0.2) is 29.7 Å². The molecular weight excluding hydrogens is 293 g/mol. The number of hydrogen-bond donors (Lipinski definition) is 2.